The molecule has 0 saturated heterocycles. The van der Waals surface area contributed by atoms with Gasteiger partial charge in [-0.15, -0.1) is 0 Å². The van der Waals surface area contributed by atoms with Crippen LogP contribution < -0.4 is 0 Å². The second kappa shape index (κ2) is 9.46. The summed E-state index contributed by atoms with van der Waals surface area (Å²) in [6.45, 7) is 15.7. The fourth-order valence-corrected chi connectivity index (χ4v) is 5.19. The Bertz CT molecular complexity index is 1030. The molecule has 3 rings (SSSR count). The molecule has 1 aromatic carbocycles. The number of hydrogen-bond donors (Lipinski definition) is 0. The lowest BCUT2D eigenvalue weighted by Gasteiger charge is -2.41. The molecule has 2 heterocycles. The van der Waals surface area contributed by atoms with Gasteiger partial charge in [0.2, 0.25) is 0 Å². The molecule has 0 saturated carbocycles. The molecule has 2 aromatic rings. The van der Waals surface area contributed by atoms with Crippen molar-refractivity contribution in [1.82, 2.24) is 8.87 Å². The van der Waals surface area contributed by atoms with Crippen molar-refractivity contribution in [3.8, 4) is 11.1 Å². The third-order valence-corrected chi connectivity index (χ3v) is 6.16. The maximum absolute atomic E-state index is 13.9. The summed E-state index contributed by atoms with van der Waals surface area (Å²) in [5, 5.41) is 0. The number of fused-ring (bicyclic) bond motifs is 1. The fourth-order valence-electron chi connectivity index (χ4n) is 4.55. The van der Waals surface area contributed by atoms with E-state index in [4.69, 9.17) is 14.5 Å². The largest absolute Gasteiger partial charge is 0.467 e. The van der Waals surface area contributed by atoms with Gasteiger partial charge in [0.05, 0.1) is 24.1 Å². The summed E-state index contributed by atoms with van der Waals surface area (Å²) in [6, 6.07) is 6.42. The number of methoxy groups -OCH3 is 1. The summed E-state index contributed by atoms with van der Waals surface area (Å²) in [4.78, 5) is 18.3. The van der Waals surface area contributed by atoms with Crippen molar-refractivity contribution in [3.63, 3.8) is 0 Å². The molecule has 0 N–H and O–H groups in total. The molecule has 0 amide bonds. The van der Waals surface area contributed by atoms with Crippen molar-refractivity contribution in [2.24, 2.45) is 0 Å². The van der Waals surface area contributed by atoms with E-state index < -0.39 is 17.7 Å². The summed E-state index contributed by atoms with van der Waals surface area (Å²) in [5.41, 5.74) is 4.43. The van der Waals surface area contributed by atoms with Crippen molar-refractivity contribution in [1.29, 1.82) is 0 Å². The number of carbonyl (C=O) groups is 1. The number of rotatable bonds is 5. The molecule has 1 atom stereocenters. The Hall–Kier alpha value is -1.78. The number of esters is 1. The smallest absolute Gasteiger partial charge is 0.339 e. The fraction of sp³-hybridized carbons (Fsp3) is 0.538. The van der Waals surface area contributed by atoms with Gasteiger partial charge in [0.15, 0.2) is 6.10 Å². The first-order valence-electron chi connectivity index (χ1n) is 11.3. The summed E-state index contributed by atoms with van der Waals surface area (Å²) in [7, 11) is 1.37. The number of halogens is 1. The zero-order chi connectivity index (χ0) is 24.7. The summed E-state index contributed by atoms with van der Waals surface area (Å²) in [6.07, 6.45) is -0.965. The maximum Gasteiger partial charge on any atom is 0.339 e. The lowest BCUT2D eigenvalue weighted by molar-refractivity contribution is -0.164. The minimum atomic E-state index is -0.965. The van der Waals surface area contributed by atoms with Gasteiger partial charge in [0, 0.05) is 17.5 Å². The molecule has 1 aromatic heterocycles. The van der Waals surface area contributed by atoms with E-state index >= 15 is 0 Å². The highest BCUT2D eigenvalue weighted by Crippen LogP contribution is 2.45. The Morgan fingerprint density at radius 1 is 1.21 bits per heavy atom. The average Bonchev–Trinajstić information content (AvgIpc) is 2.69. The second-order valence-electron chi connectivity index (χ2n) is 10.7. The number of hydrogen-bond acceptors (Lipinski definition) is 5. The summed E-state index contributed by atoms with van der Waals surface area (Å²) in [5.74, 6) is -0.754. The zero-order valence-electron chi connectivity index (χ0n) is 21.0. The van der Waals surface area contributed by atoms with Gasteiger partial charge in [0.1, 0.15) is 5.82 Å². The molecule has 0 spiro atoms. The topological polar surface area (TPSA) is 51.7 Å². The predicted octanol–water partition coefficient (Wildman–Crippen LogP) is 5.22. The zero-order valence-corrected chi connectivity index (χ0v) is 22.1. The van der Waals surface area contributed by atoms with E-state index in [1.54, 1.807) is 12.1 Å². The highest BCUT2D eigenvalue weighted by atomic mass is 27.1. The van der Waals surface area contributed by atoms with Gasteiger partial charge < -0.3 is 13.4 Å². The Labute approximate surface area is 205 Å². The van der Waals surface area contributed by atoms with Crippen LogP contribution in [-0.2, 0) is 26.2 Å². The number of benzene rings is 1. The second-order valence-corrected chi connectivity index (χ2v) is 11.4. The van der Waals surface area contributed by atoms with E-state index in [1.807, 2.05) is 20.8 Å². The summed E-state index contributed by atoms with van der Waals surface area (Å²) >= 11 is 2.79. The monoisotopic (exact) mass is 468 g/mol. The summed E-state index contributed by atoms with van der Waals surface area (Å²) < 4.78 is 27.6. The molecular weight excluding hydrogens is 434 g/mol. The molecule has 0 aliphatic carbocycles. The molecule has 1 unspecified atom stereocenters. The third kappa shape index (κ3) is 5.49. The van der Waals surface area contributed by atoms with Gasteiger partial charge in [0.25, 0.3) is 16.5 Å². The Morgan fingerprint density at radius 2 is 1.82 bits per heavy atom. The molecule has 0 bridgehead atoms. The Morgan fingerprint density at radius 3 is 2.33 bits per heavy atom. The van der Waals surface area contributed by atoms with Crippen molar-refractivity contribution in [3.05, 3.63) is 52.6 Å². The molecule has 176 valence electrons. The highest BCUT2D eigenvalue weighted by Gasteiger charge is 2.40. The van der Waals surface area contributed by atoms with Gasteiger partial charge in [-0.2, -0.15) is 0 Å². The molecule has 2 radical (unpaired) electrons. The van der Waals surface area contributed by atoms with Gasteiger partial charge in [-0.05, 0) is 62.1 Å². The molecule has 7 heteroatoms. The van der Waals surface area contributed by atoms with Crippen LogP contribution in [0.5, 0.6) is 0 Å². The molecule has 1 aliphatic rings. The van der Waals surface area contributed by atoms with Crippen LogP contribution >= 0.6 is 0 Å². The number of ether oxygens (including phenoxy) is 2. The first-order valence-corrected chi connectivity index (χ1v) is 11.8. The standard InChI is InChI=1S/C26H34FN2O3.Al/c1-15(2)21-20(22(24(30)31-8)32-25(3,4)5)19(16-9-11-17(27)12-10-16)18-13-28-14-26(6,7)23(18)29-21;/h9-12,15,22H,13-14H2,1-8H3;/q-1;+1. The number of nitrogens with zero attached hydrogens (tertiary/aromatic N) is 2. The van der Waals surface area contributed by atoms with E-state index in [1.165, 1.54) is 19.2 Å². The van der Waals surface area contributed by atoms with Gasteiger partial charge in [-0.3, -0.25) is 4.98 Å². The van der Waals surface area contributed by atoms with E-state index in [2.05, 4.69) is 48.1 Å². The van der Waals surface area contributed by atoms with Crippen LogP contribution in [0.1, 0.15) is 83.0 Å². The van der Waals surface area contributed by atoms with Crippen molar-refractivity contribution < 1.29 is 18.7 Å². The predicted molar refractivity (Wildman–Crippen MR) is 129 cm³/mol. The highest BCUT2D eigenvalue weighted by molar-refractivity contribution is 6.04. The van der Waals surface area contributed by atoms with Crippen molar-refractivity contribution in [2.75, 3.05) is 13.7 Å². The number of pyridine rings is 1. The minimum absolute atomic E-state index is 0.0325. The van der Waals surface area contributed by atoms with Crippen LogP contribution in [0, 0.1) is 5.82 Å². The third-order valence-electron chi connectivity index (χ3n) is 5.79. The van der Waals surface area contributed by atoms with Crippen molar-refractivity contribution >= 4 is 22.5 Å². The van der Waals surface area contributed by atoms with Gasteiger partial charge >= 0.3 is 5.97 Å². The van der Waals surface area contributed by atoms with Crippen LogP contribution in [0.4, 0.5) is 4.39 Å². The van der Waals surface area contributed by atoms with Crippen LogP contribution in [0.3, 0.4) is 0 Å². The van der Waals surface area contributed by atoms with E-state index in [0.717, 1.165) is 34.6 Å². The van der Waals surface area contributed by atoms with Crippen molar-refractivity contribution in [2.45, 2.75) is 78.0 Å². The van der Waals surface area contributed by atoms with Gasteiger partial charge in [-0.1, -0.05) is 39.8 Å². The molecule has 5 nitrogen and oxygen atoms in total. The quantitative estimate of drug-likeness (QED) is 0.445. The number of carbonyl (C=O) groups excluding carboxylic acids is 1. The average molecular weight is 469 g/mol. The Balaban J connectivity index is 2.48. The normalized spacial score (nSPS) is 17.0. The number of aromatic nitrogens is 1. The maximum atomic E-state index is 13.9. The van der Waals surface area contributed by atoms with E-state index in [0.29, 0.717) is 12.1 Å². The molecule has 33 heavy (non-hydrogen) atoms. The van der Waals surface area contributed by atoms with E-state index in [-0.39, 0.29) is 17.2 Å². The minimum Gasteiger partial charge on any atom is -0.467 e. The lowest BCUT2D eigenvalue weighted by Crippen LogP contribution is -2.42. The van der Waals surface area contributed by atoms with Crippen LogP contribution in [0.15, 0.2) is 24.3 Å². The molecule has 1 aliphatic heterocycles. The molecule has 0 fully saturated rings. The first kappa shape index (κ1) is 25.8. The Kier molecular flexibility index (Phi) is 7.41. The SMILES string of the molecule is COC(=O)C(OC(C)(C)C)c1c(C(C)C)nc2c(c1-c1ccc(F)cc1)C[N]([Al])CC2(C)C. The van der Waals surface area contributed by atoms with Crippen LogP contribution in [-0.4, -0.2) is 50.6 Å². The first-order chi connectivity index (χ1) is 15.2. The van der Waals surface area contributed by atoms with Gasteiger partial charge in [-0.25, -0.2) is 9.18 Å². The van der Waals surface area contributed by atoms with Crippen LogP contribution in [0.25, 0.3) is 11.1 Å². The van der Waals surface area contributed by atoms with Crippen LogP contribution in [0.2, 0.25) is 0 Å². The lowest BCUT2D eigenvalue weighted by atomic mass is 9.77. The van der Waals surface area contributed by atoms with E-state index in [9.17, 15) is 9.18 Å². The molecular formula is C26H34AlFN2O3.